The molecule has 0 aliphatic rings. The third-order valence-electron chi connectivity index (χ3n) is 3.05. The van der Waals surface area contributed by atoms with Crippen LogP contribution in [0.15, 0.2) is 22.7 Å². The molecule has 0 aromatic heterocycles. The molecule has 0 fully saturated rings. The lowest BCUT2D eigenvalue weighted by Crippen LogP contribution is -2.23. The van der Waals surface area contributed by atoms with E-state index in [1.165, 1.54) is 5.56 Å². The van der Waals surface area contributed by atoms with Crippen LogP contribution in [0.3, 0.4) is 0 Å². The van der Waals surface area contributed by atoms with Crippen LogP contribution in [0.4, 0.5) is 0 Å². The lowest BCUT2D eigenvalue weighted by Gasteiger charge is -2.20. The summed E-state index contributed by atoms with van der Waals surface area (Å²) in [7, 11) is 2.00. The molecule has 16 heavy (non-hydrogen) atoms. The fourth-order valence-corrected chi connectivity index (χ4v) is 2.51. The summed E-state index contributed by atoms with van der Waals surface area (Å²) in [5.41, 5.74) is 1.24. The summed E-state index contributed by atoms with van der Waals surface area (Å²) in [5, 5.41) is 4.08. The minimum Gasteiger partial charge on any atom is -0.319 e. The smallest absolute Gasteiger partial charge is 0.0449 e. The van der Waals surface area contributed by atoms with Gasteiger partial charge in [-0.05, 0) is 49.5 Å². The van der Waals surface area contributed by atoms with Crippen molar-refractivity contribution in [2.75, 3.05) is 13.6 Å². The summed E-state index contributed by atoms with van der Waals surface area (Å²) in [4.78, 5) is 0. The molecule has 2 atom stereocenters. The Labute approximate surface area is 112 Å². The maximum Gasteiger partial charge on any atom is 0.0449 e. The molecule has 1 nitrogen and oxygen atoms in total. The number of hydrogen-bond donors (Lipinski definition) is 1. The number of nitrogens with one attached hydrogen (secondary N) is 1. The van der Waals surface area contributed by atoms with Gasteiger partial charge in [0.2, 0.25) is 0 Å². The van der Waals surface area contributed by atoms with Gasteiger partial charge >= 0.3 is 0 Å². The van der Waals surface area contributed by atoms with Gasteiger partial charge in [0.15, 0.2) is 0 Å². The van der Waals surface area contributed by atoms with E-state index in [2.05, 4.69) is 47.2 Å². The second-order valence-electron chi connectivity index (χ2n) is 4.45. The van der Waals surface area contributed by atoms with Gasteiger partial charge in [-0.3, -0.25) is 0 Å². The van der Waals surface area contributed by atoms with E-state index in [1.807, 2.05) is 13.1 Å². The van der Waals surface area contributed by atoms with E-state index in [4.69, 9.17) is 11.6 Å². The van der Waals surface area contributed by atoms with Gasteiger partial charge in [0.25, 0.3) is 0 Å². The van der Waals surface area contributed by atoms with Crippen LogP contribution in [0.1, 0.15) is 19.4 Å². The summed E-state index contributed by atoms with van der Waals surface area (Å²) in [6.45, 7) is 5.60. The van der Waals surface area contributed by atoms with Crippen molar-refractivity contribution >= 4 is 27.5 Å². The first kappa shape index (κ1) is 14.0. The van der Waals surface area contributed by atoms with Gasteiger partial charge in [-0.25, -0.2) is 0 Å². The van der Waals surface area contributed by atoms with E-state index in [-0.39, 0.29) is 0 Å². The van der Waals surface area contributed by atoms with Crippen LogP contribution in [-0.4, -0.2) is 13.6 Å². The largest absolute Gasteiger partial charge is 0.319 e. The topological polar surface area (TPSA) is 12.0 Å². The number of halogens is 2. The molecule has 1 aromatic carbocycles. The molecule has 0 spiro atoms. The van der Waals surface area contributed by atoms with Gasteiger partial charge in [-0.1, -0.05) is 47.4 Å². The highest BCUT2D eigenvalue weighted by Gasteiger charge is 2.13. The summed E-state index contributed by atoms with van der Waals surface area (Å²) >= 11 is 9.63. The Morgan fingerprint density at radius 3 is 2.56 bits per heavy atom. The van der Waals surface area contributed by atoms with Gasteiger partial charge < -0.3 is 5.32 Å². The molecule has 1 N–H and O–H groups in total. The maximum atomic E-state index is 6.21. The SMILES string of the molecule is CNCC(C)C(C)Cc1ccc(Br)cc1Cl. The Morgan fingerprint density at radius 2 is 2.00 bits per heavy atom. The van der Waals surface area contributed by atoms with Crippen LogP contribution in [0.2, 0.25) is 5.02 Å². The molecule has 0 aliphatic carbocycles. The minimum absolute atomic E-state index is 0.631. The van der Waals surface area contributed by atoms with Crippen molar-refractivity contribution in [2.24, 2.45) is 11.8 Å². The zero-order chi connectivity index (χ0) is 12.1. The summed E-state index contributed by atoms with van der Waals surface area (Å²) < 4.78 is 1.04. The Hall–Kier alpha value is -0.0500. The zero-order valence-corrected chi connectivity index (χ0v) is 12.4. The zero-order valence-electron chi connectivity index (χ0n) is 10.1. The van der Waals surface area contributed by atoms with E-state index < -0.39 is 0 Å². The Bertz CT molecular complexity index is 341. The highest BCUT2D eigenvalue weighted by atomic mass is 79.9. The predicted molar refractivity (Wildman–Crippen MR) is 75.1 cm³/mol. The lowest BCUT2D eigenvalue weighted by atomic mass is 9.89. The van der Waals surface area contributed by atoms with Crippen LogP contribution in [0.5, 0.6) is 0 Å². The first-order valence-corrected chi connectivity index (χ1v) is 6.80. The number of benzene rings is 1. The molecule has 0 saturated heterocycles. The van der Waals surface area contributed by atoms with Crippen molar-refractivity contribution in [3.8, 4) is 0 Å². The van der Waals surface area contributed by atoms with E-state index in [0.717, 1.165) is 22.5 Å². The number of hydrogen-bond acceptors (Lipinski definition) is 1. The van der Waals surface area contributed by atoms with Gasteiger partial charge in [-0.2, -0.15) is 0 Å². The average molecular weight is 305 g/mol. The Morgan fingerprint density at radius 1 is 1.31 bits per heavy atom. The molecule has 2 unspecified atom stereocenters. The van der Waals surface area contributed by atoms with Crippen molar-refractivity contribution in [2.45, 2.75) is 20.3 Å². The Kier molecular flexibility index (Phi) is 5.81. The molecule has 0 saturated carbocycles. The van der Waals surface area contributed by atoms with Crippen molar-refractivity contribution in [3.63, 3.8) is 0 Å². The maximum absolute atomic E-state index is 6.21. The summed E-state index contributed by atoms with van der Waals surface area (Å²) in [6.07, 6.45) is 1.04. The van der Waals surface area contributed by atoms with Crippen LogP contribution in [-0.2, 0) is 6.42 Å². The summed E-state index contributed by atoms with van der Waals surface area (Å²) in [6, 6.07) is 6.12. The third-order valence-corrected chi connectivity index (χ3v) is 3.90. The molecule has 1 aromatic rings. The van der Waals surface area contributed by atoms with Gasteiger partial charge in [0.1, 0.15) is 0 Å². The highest BCUT2D eigenvalue weighted by Crippen LogP contribution is 2.25. The van der Waals surface area contributed by atoms with E-state index in [1.54, 1.807) is 0 Å². The summed E-state index contributed by atoms with van der Waals surface area (Å²) in [5.74, 6) is 1.29. The van der Waals surface area contributed by atoms with Crippen LogP contribution in [0, 0.1) is 11.8 Å². The second kappa shape index (κ2) is 6.63. The number of rotatable bonds is 5. The van der Waals surface area contributed by atoms with Crippen molar-refractivity contribution < 1.29 is 0 Å². The lowest BCUT2D eigenvalue weighted by molar-refractivity contribution is 0.374. The standard InChI is InChI=1S/C13H19BrClN/c1-9(10(2)8-16-3)6-11-4-5-12(14)7-13(11)15/h4-5,7,9-10,16H,6,8H2,1-3H3. The van der Waals surface area contributed by atoms with Crippen molar-refractivity contribution in [1.82, 2.24) is 5.32 Å². The molecule has 3 heteroatoms. The molecular formula is C13H19BrClN. The third kappa shape index (κ3) is 4.08. The Balaban J connectivity index is 2.65. The average Bonchev–Trinajstić information content (AvgIpc) is 2.22. The van der Waals surface area contributed by atoms with E-state index in [9.17, 15) is 0 Å². The molecule has 0 amide bonds. The predicted octanol–water partition coefficient (Wildman–Crippen LogP) is 4.14. The molecule has 90 valence electrons. The minimum atomic E-state index is 0.631. The first-order valence-electron chi connectivity index (χ1n) is 5.63. The molecule has 0 bridgehead atoms. The highest BCUT2D eigenvalue weighted by molar-refractivity contribution is 9.10. The fraction of sp³-hybridized carbons (Fsp3) is 0.538. The quantitative estimate of drug-likeness (QED) is 0.862. The molecule has 1 rings (SSSR count). The van der Waals surface area contributed by atoms with Crippen molar-refractivity contribution in [3.05, 3.63) is 33.3 Å². The van der Waals surface area contributed by atoms with Gasteiger partial charge in [-0.15, -0.1) is 0 Å². The fourth-order valence-electron chi connectivity index (χ4n) is 1.76. The molecule has 0 aliphatic heterocycles. The molecule has 0 radical (unpaired) electrons. The van der Waals surface area contributed by atoms with Crippen LogP contribution in [0.25, 0.3) is 0 Å². The first-order chi connectivity index (χ1) is 7.54. The van der Waals surface area contributed by atoms with E-state index >= 15 is 0 Å². The normalized spacial score (nSPS) is 14.8. The molecular weight excluding hydrogens is 286 g/mol. The van der Waals surface area contributed by atoms with Crippen LogP contribution >= 0.6 is 27.5 Å². The van der Waals surface area contributed by atoms with Gasteiger partial charge in [0.05, 0.1) is 0 Å². The van der Waals surface area contributed by atoms with Crippen LogP contribution < -0.4 is 5.32 Å². The molecule has 0 heterocycles. The van der Waals surface area contributed by atoms with Crippen molar-refractivity contribution in [1.29, 1.82) is 0 Å². The van der Waals surface area contributed by atoms with E-state index in [0.29, 0.717) is 11.8 Å². The second-order valence-corrected chi connectivity index (χ2v) is 5.77. The monoisotopic (exact) mass is 303 g/mol. The van der Waals surface area contributed by atoms with Gasteiger partial charge in [0, 0.05) is 9.50 Å².